The van der Waals surface area contributed by atoms with Crippen molar-refractivity contribution in [1.29, 1.82) is 0 Å². The van der Waals surface area contributed by atoms with E-state index in [4.69, 9.17) is 14.6 Å². The van der Waals surface area contributed by atoms with Crippen molar-refractivity contribution in [2.24, 2.45) is 0 Å². The summed E-state index contributed by atoms with van der Waals surface area (Å²) in [6.07, 6.45) is 3.69. The van der Waals surface area contributed by atoms with Crippen LogP contribution in [0, 0.1) is 0 Å². The molecule has 0 aliphatic carbocycles. The molecule has 1 aromatic carbocycles. The Bertz CT molecular complexity index is 554. The summed E-state index contributed by atoms with van der Waals surface area (Å²) in [5, 5.41) is 16.3. The van der Waals surface area contributed by atoms with Gasteiger partial charge in [0.2, 0.25) is 0 Å². The number of benzene rings is 1. The number of hydrogen-bond donors (Lipinski definition) is 2. The third-order valence-electron chi connectivity index (χ3n) is 2.90. The maximum atomic E-state index is 8.84. The smallest absolute Gasteiger partial charge is 0.162 e. The van der Waals surface area contributed by atoms with E-state index >= 15 is 0 Å². The highest BCUT2D eigenvalue weighted by atomic mass is 16.5. The molecule has 0 aliphatic rings. The number of rotatable bonds is 7. The molecule has 20 heavy (non-hydrogen) atoms. The molecule has 1 aromatic heterocycles. The van der Waals surface area contributed by atoms with Gasteiger partial charge >= 0.3 is 0 Å². The van der Waals surface area contributed by atoms with Crippen molar-refractivity contribution in [3.8, 4) is 11.5 Å². The van der Waals surface area contributed by atoms with Crippen molar-refractivity contribution in [1.82, 2.24) is 9.78 Å². The lowest BCUT2D eigenvalue weighted by molar-refractivity contribution is 0.269. The van der Waals surface area contributed by atoms with Crippen LogP contribution in [0.2, 0.25) is 0 Å². The zero-order chi connectivity index (χ0) is 14.4. The summed E-state index contributed by atoms with van der Waals surface area (Å²) in [5.74, 6) is 1.39. The third kappa shape index (κ3) is 3.42. The molecule has 2 N–H and O–H groups in total. The summed E-state index contributed by atoms with van der Waals surface area (Å²) in [5.41, 5.74) is 1.99. The summed E-state index contributed by atoms with van der Waals surface area (Å²) < 4.78 is 12.2. The largest absolute Gasteiger partial charge is 0.493 e. The van der Waals surface area contributed by atoms with Gasteiger partial charge in [-0.15, -0.1) is 0 Å². The van der Waals surface area contributed by atoms with Crippen molar-refractivity contribution >= 4 is 5.69 Å². The van der Waals surface area contributed by atoms with Crippen LogP contribution in [0.4, 0.5) is 5.69 Å². The summed E-state index contributed by atoms with van der Waals surface area (Å²) in [6, 6.07) is 5.67. The fourth-order valence-corrected chi connectivity index (χ4v) is 1.87. The molecule has 6 heteroatoms. The average Bonchev–Trinajstić information content (AvgIpc) is 2.93. The van der Waals surface area contributed by atoms with Crippen LogP contribution in [0.25, 0.3) is 0 Å². The Balaban J connectivity index is 1.99. The first-order chi connectivity index (χ1) is 9.76. The van der Waals surface area contributed by atoms with Crippen molar-refractivity contribution in [3.63, 3.8) is 0 Å². The molecular formula is C14H19N3O3. The number of nitrogens with one attached hydrogen (secondary N) is 1. The van der Waals surface area contributed by atoms with Crippen LogP contribution in [-0.4, -0.2) is 35.7 Å². The van der Waals surface area contributed by atoms with Gasteiger partial charge in [-0.05, 0) is 12.1 Å². The van der Waals surface area contributed by atoms with Crippen LogP contribution in [0.5, 0.6) is 11.5 Å². The quantitative estimate of drug-likeness (QED) is 0.803. The van der Waals surface area contributed by atoms with Crippen LogP contribution in [0.15, 0.2) is 30.6 Å². The first-order valence-corrected chi connectivity index (χ1v) is 6.35. The summed E-state index contributed by atoms with van der Waals surface area (Å²) in [7, 11) is 3.22. The number of hydrogen-bond acceptors (Lipinski definition) is 5. The van der Waals surface area contributed by atoms with E-state index in [1.807, 2.05) is 24.4 Å². The van der Waals surface area contributed by atoms with Gasteiger partial charge in [-0.1, -0.05) is 0 Å². The molecule has 0 saturated heterocycles. The maximum Gasteiger partial charge on any atom is 0.162 e. The van der Waals surface area contributed by atoms with E-state index in [0.29, 0.717) is 24.6 Å². The molecule has 108 valence electrons. The normalized spacial score (nSPS) is 10.3. The van der Waals surface area contributed by atoms with E-state index in [-0.39, 0.29) is 6.61 Å². The standard InChI is InChI=1S/C14H19N3O3/c1-19-13-4-3-12(7-14(13)20-2)15-8-11-9-16-17(10-11)5-6-18/h3-4,7,9-10,15,18H,5-6,8H2,1-2H3. The van der Waals surface area contributed by atoms with Crippen LogP contribution in [0.3, 0.4) is 0 Å². The van der Waals surface area contributed by atoms with E-state index in [1.54, 1.807) is 25.1 Å². The lowest BCUT2D eigenvalue weighted by Crippen LogP contribution is -2.02. The number of methoxy groups -OCH3 is 2. The van der Waals surface area contributed by atoms with Gasteiger partial charge in [-0.25, -0.2) is 0 Å². The van der Waals surface area contributed by atoms with E-state index in [9.17, 15) is 0 Å². The summed E-state index contributed by atoms with van der Waals surface area (Å²) >= 11 is 0. The number of aromatic nitrogens is 2. The van der Waals surface area contributed by atoms with Crippen LogP contribution in [0.1, 0.15) is 5.56 Å². The molecule has 0 atom stereocenters. The molecule has 0 radical (unpaired) electrons. The Morgan fingerprint density at radius 3 is 2.75 bits per heavy atom. The summed E-state index contributed by atoms with van der Waals surface area (Å²) in [6.45, 7) is 1.25. The number of anilines is 1. The molecule has 2 rings (SSSR count). The summed E-state index contributed by atoms with van der Waals surface area (Å²) in [4.78, 5) is 0. The zero-order valence-electron chi connectivity index (χ0n) is 11.7. The first-order valence-electron chi connectivity index (χ1n) is 6.35. The van der Waals surface area contributed by atoms with E-state index in [1.165, 1.54) is 0 Å². The molecule has 0 aliphatic heterocycles. The maximum absolute atomic E-state index is 8.84. The monoisotopic (exact) mass is 277 g/mol. The SMILES string of the molecule is COc1ccc(NCc2cnn(CCO)c2)cc1OC. The van der Waals surface area contributed by atoms with E-state index in [2.05, 4.69) is 10.4 Å². The number of aliphatic hydroxyl groups excluding tert-OH is 1. The Kier molecular flexibility index (Phi) is 4.84. The fourth-order valence-electron chi connectivity index (χ4n) is 1.87. The van der Waals surface area contributed by atoms with Gasteiger partial charge in [0, 0.05) is 30.1 Å². The van der Waals surface area contributed by atoms with E-state index < -0.39 is 0 Å². The minimum absolute atomic E-state index is 0.0875. The predicted octanol–water partition coefficient (Wildman–Crippen LogP) is 1.50. The molecule has 0 amide bonds. The molecule has 6 nitrogen and oxygen atoms in total. The van der Waals surface area contributed by atoms with Crippen molar-refractivity contribution in [3.05, 3.63) is 36.2 Å². The van der Waals surface area contributed by atoms with Gasteiger partial charge < -0.3 is 19.9 Å². The third-order valence-corrected chi connectivity index (χ3v) is 2.90. The van der Waals surface area contributed by atoms with Gasteiger partial charge in [0.1, 0.15) is 0 Å². The van der Waals surface area contributed by atoms with Crippen molar-refractivity contribution in [2.45, 2.75) is 13.1 Å². The lowest BCUT2D eigenvalue weighted by Gasteiger charge is -2.10. The van der Waals surface area contributed by atoms with Gasteiger partial charge in [0.25, 0.3) is 0 Å². The Hall–Kier alpha value is -2.21. The van der Waals surface area contributed by atoms with Crippen LogP contribution in [-0.2, 0) is 13.1 Å². The second-order valence-electron chi connectivity index (χ2n) is 4.26. The van der Waals surface area contributed by atoms with Gasteiger partial charge in [-0.3, -0.25) is 4.68 Å². The van der Waals surface area contributed by atoms with Crippen LogP contribution < -0.4 is 14.8 Å². The van der Waals surface area contributed by atoms with E-state index in [0.717, 1.165) is 11.3 Å². The number of nitrogens with zero attached hydrogens (tertiary/aromatic N) is 2. The minimum Gasteiger partial charge on any atom is -0.493 e. The van der Waals surface area contributed by atoms with Gasteiger partial charge in [0.15, 0.2) is 11.5 Å². The molecular weight excluding hydrogens is 258 g/mol. The topological polar surface area (TPSA) is 68.5 Å². The number of ether oxygens (including phenoxy) is 2. The molecule has 0 unspecified atom stereocenters. The van der Waals surface area contributed by atoms with Gasteiger partial charge in [0.05, 0.1) is 33.6 Å². The first kappa shape index (κ1) is 14.2. The molecule has 0 bridgehead atoms. The van der Waals surface area contributed by atoms with Crippen molar-refractivity contribution in [2.75, 3.05) is 26.1 Å². The molecule has 1 heterocycles. The molecule has 0 spiro atoms. The molecule has 0 fully saturated rings. The molecule has 0 saturated carbocycles. The Morgan fingerprint density at radius 2 is 2.05 bits per heavy atom. The second-order valence-corrected chi connectivity index (χ2v) is 4.26. The number of aliphatic hydroxyl groups is 1. The van der Waals surface area contributed by atoms with Gasteiger partial charge in [-0.2, -0.15) is 5.10 Å². The Morgan fingerprint density at radius 1 is 1.25 bits per heavy atom. The second kappa shape index (κ2) is 6.81. The van der Waals surface area contributed by atoms with Crippen molar-refractivity contribution < 1.29 is 14.6 Å². The molecule has 2 aromatic rings. The highest BCUT2D eigenvalue weighted by Gasteiger charge is 2.05. The highest BCUT2D eigenvalue weighted by molar-refractivity contribution is 5.54. The zero-order valence-corrected chi connectivity index (χ0v) is 11.7. The Labute approximate surface area is 117 Å². The highest BCUT2D eigenvalue weighted by Crippen LogP contribution is 2.29. The fraction of sp³-hybridized carbons (Fsp3) is 0.357. The predicted molar refractivity (Wildman–Crippen MR) is 76.2 cm³/mol. The van der Waals surface area contributed by atoms with Crippen LogP contribution >= 0.6 is 0 Å². The average molecular weight is 277 g/mol. The minimum atomic E-state index is 0.0875. The lowest BCUT2D eigenvalue weighted by atomic mass is 10.2.